The van der Waals surface area contributed by atoms with Crippen LogP contribution in [0.25, 0.3) is 32.7 Å². The van der Waals surface area contributed by atoms with E-state index in [1.54, 1.807) is 11.9 Å². The highest BCUT2D eigenvalue weighted by molar-refractivity contribution is 9.11. The van der Waals surface area contributed by atoms with E-state index < -0.39 is 42.1 Å². The maximum absolute atomic E-state index is 11.2. The van der Waals surface area contributed by atoms with E-state index >= 15 is 0 Å². The quantitative estimate of drug-likeness (QED) is 0.101. The van der Waals surface area contributed by atoms with Crippen molar-refractivity contribution in [3.63, 3.8) is 0 Å². The summed E-state index contributed by atoms with van der Waals surface area (Å²) in [7, 11) is 3.52. The van der Waals surface area contributed by atoms with E-state index in [2.05, 4.69) is 100 Å². The molecule has 3 aliphatic heterocycles. The SMILES string of the molecule is CN1C[C@H](O)CC1C(=O)O.Cc1cc(C)c2ccc(C)c(Br)c2n1.Cc1cc(O[C@@H]2CC(C(=O)O)N(C)C2)c2ccc(C)c(Br)c2n1.Cc1cc(O[C@H]2CNC(C(=O)O)C2)c2ccc(C)c(Br)c2n1. The summed E-state index contributed by atoms with van der Waals surface area (Å²) in [6, 6.07) is 16.7. The number of aliphatic hydroxyl groups excluding tert-OH is 1. The average Bonchev–Trinajstić information content (AvgIpc) is 4.00. The van der Waals surface area contributed by atoms with Crippen LogP contribution in [0.4, 0.5) is 0 Å². The molecule has 0 aliphatic carbocycles. The fourth-order valence-corrected chi connectivity index (χ4v) is 10.0. The van der Waals surface area contributed by atoms with Gasteiger partial charge in [0.05, 0.1) is 22.7 Å². The zero-order chi connectivity index (χ0) is 50.6. The molecule has 5 N–H and O–H groups in total. The van der Waals surface area contributed by atoms with Gasteiger partial charge < -0.3 is 35.2 Å². The summed E-state index contributed by atoms with van der Waals surface area (Å²) in [6.45, 7) is 15.7. The Morgan fingerprint density at radius 3 is 1.39 bits per heavy atom. The molecule has 9 rings (SSSR count). The van der Waals surface area contributed by atoms with E-state index in [4.69, 9.17) is 24.8 Å². The van der Waals surface area contributed by atoms with Crippen LogP contribution in [0.2, 0.25) is 0 Å². The number of hydrogen-bond donors (Lipinski definition) is 5. The Hall–Kier alpha value is -4.82. The average molecular weight is 1140 g/mol. The molecule has 6 atom stereocenters. The zero-order valence-corrected chi connectivity index (χ0v) is 44.9. The van der Waals surface area contributed by atoms with Crippen molar-refractivity contribution in [1.29, 1.82) is 0 Å². The first kappa shape index (κ1) is 53.5. The standard InChI is InChI=1S/C17H19BrN2O3.C16H17BrN2O3.C12H12BrN.C6H11NO3/c1-9-4-5-12-14(6-10(2)19-16(12)15(9)18)23-11-7-13(17(21)22)20(3)8-11;1-8-3-4-11-13(5-9(2)19-15(11)14(8)17)22-10-6-12(16(20)21)18-7-10;1-7-4-5-10-8(2)6-9(3)14-12(10)11(7)13;1-7-3-4(8)2-5(7)6(9)10/h4-6,11,13H,7-8H2,1-3H3,(H,21,22);3-5,10,12,18H,6-7H2,1-2H3,(H,20,21);4-6H,1-3H3;4-5,8H,2-3H2,1H3,(H,9,10)/t11-,13?;10-,12?;;4-,5?/m11.1/s1. The summed E-state index contributed by atoms with van der Waals surface area (Å²) in [5, 5.41) is 41.9. The fourth-order valence-electron chi connectivity index (χ4n) is 8.72. The molecular weight excluding hydrogens is 1080 g/mol. The Kier molecular flexibility index (Phi) is 17.8. The minimum Gasteiger partial charge on any atom is -0.488 e. The zero-order valence-electron chi connectivity index (χ0n) is 40.1. The molecule has 15 nitrogen and oxygen atoms in total. The number of β-amino-alcohol motifs (C(OH)–C–C–N with tert-alkyl or cyclic N) is 1. The van der Waals surface area contributed by atoms with Crippen LogP contribution in [-0.2, 0) is 14.4 Å². The van der Waals surface area contributed by atoms with Crippen molar-refractivity contribution in [3.8, 4) is 11.5 Å². The van der Waals surface area contributed by atoms with Crippen LogP contribution in [0, 0.1) is 48.5 Å². The van der Waals surface area contributed by atoms with Gasteiger partial charge in [0.2, 0.25) is 0 Å². The highest BCUT2D eigenvalue weighted by Crippen LogP contribution is 2.36. The number of aromatic nitrogens is 3. The topological polar surface area (TPSA) is 208 Å². The molecule has 6 aromatic rings. The van der Waals surface area contributed by atoms with Crippen molar-refractivity contribution in [1.82, 2.24) is 30.1 Å². The minimum atomic E-state index is -0.848. The molecule has 3 saturated heterocycles. The largest absolute Gasteiger partial charge is 0.488 e. The van der Waals surface area contributed by atoms with Gasteiger partial charge in [-0.15, -0.1) is 0 Å². The lowest BCUT2D eigenvalue weighted by Crippen LogP contribution is -2.32. The van der Waals surface area contributed by atoms with Gasteiger partial charge in [0.1, 0.15) is 41.8 Å². The highest BCUT2D eigenvalue weighted by Gasteiger charge is 2.36. The third-order valence-corrected chi connectivity index (χ3v) is 15.4. The smallest absolute Gasteiger partial charge is 0.321 e. The Morgan fingerprint density at radius 2 is 0.986 bits per heavy atom. The Balaban J connectivity index is 0.000000158. The molecule has 0 saturated carbocycles. The summed E-state index contributed by atoms with van der Waals surface area (Å²) in [4.78, 5) is 49.9. The molecule has 18 heteroatoms. The van der Waals surface area contributed by atoms with Crippen LogP contribution in [0.5, 0.6) is 11.5 Å². The number of hydrogen-bond acceptors (Lipinski definition) is 12. The molecule has 69 heavy (non-hydrogen) atoms. The first-order valence-electron chi connectivity index (χ1n) is 22.5. The number of fused-ring (bicyclic) bond motifs is 3. The van der Waals surface area contributed by atoms with Crippen molar-refractivity contribution in [2.24, 2.45) is 0 Å². The summed E-state index contributed by atoms with van der Waals surface area (Å²) in [6.07, 6.45) is 0.558. The fraction of sp³-hybridized carbons (Fsp3) is 0.412. The summed E-state index contributed by atoms with van der Waals surface area (Å²) in [5.74, 6) is -0.967. The monoisotopic (exact) mass is 1140 g/mol. The lowest BCUT2D eigenvalue weighted by molar-refractivity contribution is -0.142. The number of aliphatic hydroxyl groups is 1. The molecule has 0 radical (unpaired) electrons. The van der Waals surface area contributed by atoms with E-state index in [0.717, 1.165) is 80.4 Å². The van der Waals surface area contributed by atoms with Crippen molar-refractivity contribution in [2.45, 2.75) is 104 Å². The molecular formula is C51H59Br3N6O9. The third kappa shape index (κ3) is 12.9. The van der Waals surface area contributed by atoms with Crippen LogP contribution in [0.15, 0.2) is 68.0 Å². The van der Waals surface area contributed by atoms with Gasteiger partial charge in [-0.2, -0.15) is 0 Å². The minimum absolute atomic E-state index is 0.133. The second kappa shape index (κ2) is 22.9. The van der Waals surface area contributed by atoms with E-state index in [-0.39, 0.29) is 12.2 Å². The van der Waals surface area contributed by atoms with Crippen LogP contribution in [0.1, 0.15) is 58.6 Å². The Morgan fingerprint density at radius 1 is 0.565 bits per heavy atom. The summed E-state index contributed by atoms with van der Waals surface area (Å²) in [5.41, 5.74) is 10.4. The van der Waals surface area contributed by atoms with Gasteiger partial charge in [0.25, 0.3) is 0 Å². The Labute approximate surface area is 427 Å². The van der Waals surface area contributed by atoms with Crippen molar-refractivity contribution < 1.29 is 44.3 Å². The number of nitrogens with one attached hydrogen (secondary N) is 1. The van der Waals surface area contributed by atoms with Gasteiger partial charge in [-0.05, 0) is 151 Å². The van der Waals surface area contributed by atoms with Gasteiger partial charge >= 0.3 is 17.9 Å². The number of ether oxygens (including phenoxy) is 2. The molecule has 0 amide bonds. The van der Waals surface area contributed by atoms with Crippen molar-refractivity contribution in [2.75, 3.05) is 33.7 Å². The van der Waals surface area contributed by atoms with Crippen LogP contribution < -0.4 is 14.8 Å². The van der Waals surface area contributed by atoms with E-state index in [1.807, 2.05) is 83.0 Å². The van der Waals surface area contributed by atoms with Crippen LogP contribution in [-0.4, -0.2) is 133 Å². The molecule has 368 valence electrons. The number of nitrogens with zero attached hydrogens (tertiary/aromatic N) is 5. The molecule has 0 bridgehead atoms. The van der Waals surface area contributed by atoms with Crippen molar-refractivity contribution >= 4 is 98.4 Å². The molecule has 3 fully saturated rings. The van der Waals surface area contributed by atoms with Gasteiger partial charge in [-0.1, -0.05) is 24.3 Å². The highest BCUT2D eigenvalue weighted by atomic mass is 79.9. The number of carboxylic acids is 3. The Bertz CT molecular complexity index is 2900. The van der Waals surface area contributed by atoms with Crippen LogP contribution in [0.3, 0.4) is 0 Å². The molecule has 0 spiro atoms. The van der Waals surface area contributed by atoms with Gasteiger partial charge in [0.15, 0.2) is 0 Å². The van der Waals surface area contributed by atoms with Crippen molar-refractivity contribution in [3.05, 3.63) is 107 Å². The normalized spacial score (nSPS) is 21.2. The number of rotatable bonds is 7. The molecule has 3 aromatic carbocycles. The molecule has 3 unspecified atom stereocenters. The van der Waals surface area contributed by atoms with E-state index in [1.165, 1.54) is 16.5 Å². The maximum atomic E-state index is 11.2. The maximum Gasteiger partial charge on any atom is 0.321 e. The first-order chi connectivity index (χ1) is 32.5. The second-order valence-electron chi connectivity index (χ2n) is 18.1. The molecule has 3 aliphatic rings. The number of aliphatic carboxylic acids is 3. The van der Waals surface area contributed by atoms with E-state index in [9.17, 15) is 19.5 Å². The number of pyridine rings is 3. The summed E-state index contributed by atoms with van der Waals surface area (Å²) < 4.78 is 15.3. The van der Waals surface area contributed by atoms with Gasteiger partial charge in [-0.25, -0.2) is 0 Å². The number of benzene rings is 3. The summed E-state index contributed by atoms with van der Waals surface area (Å²) >= 11 is 10.8. The predicted octanol–water partition coefficient (Wildman–Crippen LogP) is 9.02. The lowest BCUT2D eigenvalue weighted by atomic mass is 10.1. The van der Waals surface area contributed by atoms with E-state index in [0.29, 0.717) is 38.9 Å². The van der Waals surface area contributed by atoms with Gasteiger partial charge in [-0.3, -0.25) is 39.1 Å². The molecule has 3 aromatic heterocycles. The number of carboxylic acid groups (broad SMARTS) is 3. The predicted molar refractivity (Wildman–Crippen MR) is 278 cm³/mol. The lowest BCUT2D eigenvalue weighted by Gasteiger charge is -2.16. The second-order valence-corrected chi connectivity index (χ2v) is 20.5. The number of carbonyl (C=O) groups is 3. The number of aryl methyl sites for hydroxylation is 7. The third-order valence-electron chi connectivity index (χ3n) is 12.4. The number of likely N-dealkylation sites (N-methyl/N-ethyl adjacent to an activating group) is 2. The number of likely N-dealkylation sites (tertiary alicyclic amines) is 2. The number of halogens is 3. The molecule has 6 heterocycles. The first-order valence-corrected chi connectivity index (χ1v) is 24.9. The van der Waals surface area contributed by atoms with Crippen LogP contribution >= 0.6 is 47.8 Å². The van der Waals surface area contributed by atoms with Gasteiger partial charge in [0, 0.05) is 97.7 Å².